The lowest BCUT2D eigenvalue weighted by Gasteiger charge is -2.29. The molecule has 2 aromatic carbocycles. The fourth-order valence-corrected chi connectivity index (χ4v) is 3.87. The molecule has 34 heavy (non-hydrogen) atoms. The van der Waals surface area contributed by atoms with Gasteiger partial charge in [0, 0.05) is 11.8 Å². The molecule has 0 fully saturated rings. The summed E-state index contributed by atoms with van der Waals surface area (Å²) in [4.78, 5) is 17.9. The highest BCUT2D eigenvalue weighted by molar-refractivity contribution is 6.06. The van der Waals surface area contributed by atoms with Crippen LogP contribution in [0, 0.1) is 0 Å². The van der Waals surface area contributed by atoms with Crippen molar-refractivity contribution >= 4 is 17.5 Å². The number of anilines is 2. The zero-order valence-electron chi connectivity index (χ0n) is 19.8. The molecule has 0 saturated heterocycles. The second-order valence-electron chi connectivity index (χ2n) is 7.89. The van der Waals surface area contributed by atoms with Crippen molar-refractivity contribution in [3.8, 4) is 17.2 Å². The van der Waals surface area contributed by atoms with E-state index >= 15 is 0 Å². The van der Waals surface area contributed by atoms with Crippen molar-refractivity contribution in [2.75, 3.05) is 31.5 Å². The summed E-state index contributed by atoms with van der Waals surface area (Å²) in [5.41, 5.74) is 2.65. The number of aromatic nitrogens is 3. The van der Waals surface area contributed by atoms with Crippen molar-refractivity contribution in [2.45, 2.75) is 32.7 Å². The fourth-order valence-electron chi connectivity index (χ4n) is 3.87. The Bertz CT molecular complexity index is 1190. The molecular weight excluding hydrogens is 434 g/mol. The minimum atomic E-state index is -0.465. The van der Waals surface area contributed by atoms with Crippen LogP contribution in [0.1, 0.15) is 38.3 Å². The maximum atomic E-state index is 13.6. The number of hydrogen-bond donors (Lipinski definition) is 2. The summed E-state index contributed by atoms with van der Waals surface area (Å²) in [5, 5.41) is 10.5. The van der Waals surface area contributed by atoms with Gasteiger partial charge in [-0.1, -0.05) is 25.5 Å². The van der Waals surface area contributed by atoms with E-state index in [4.69, 9.17) is 14.2 Å². The summed E-state index contributed by atoms with van der Waals surface area (Å²) in [7, 11) is 3.13. The number of methoxy groups -OCH3 is 2. The van der Waals surface area contributed by atoms with Gasteiger partial charge in [0.2, 0.25) is 5.95 Å². The Morgan fingerprint density at radius 3 is 2.59 bits per heavy atom. The Kier molecular flexibility index (Phi) is 7.01. The van der Waals surface area contributed by atoms with Crippen LogP contribution < -0.4 is 24.8 Å². The minimum Gasteiger partial charge on any atom is -0.497 e. The molecule has 1 atom stereocenters. The van der Waals surface area contributed by atoms with Crippen LogP contribution in [0.2, 0.25) is 0 Å². The maximum Gasteiger partial charge on any atom is 0.255 e. The molecule has 2 N–H and O–H groups in total. The number of fused-ring (bicyclic) bond motifs is 1. The number of amides is 1. The minimum absolute atomic E-state index is 0.275. The van der Waals surface area contributed by atoms with E-state index in [1.54, 1.807) is 37.1 Å². The summed E-state index contributed by atoms with van der Waals surface area (Å²) in [6, 6.07) is 12.5. The smallest absolute Gasteiger partial charge is 0.255 e. The van der Waals surface area contributed by atoms with Crippen molar-refractivity contribution in [3.63, 3.8) is 0 Å². The number of allylic oxidation sites excluding steroid dienone is 1. The lowest BCUT2D eigenvalue weighted by atomic mass is 9.95. The first kappa shape index (κ1) is 23.2. The first-order valence-corrected chi connectivity index (χ1v) is 11.2. The van der Waals surface area contributed by atoms with E-state index in [0.717, 1.165) is 24.2 Å². The van der Waals surface area contributed by atoms with Crippen LogP contribution in [0.5, 0.6) is 17.2 Å². The number of nitrogens with zero attached hydrogens (tertiary/aromatic N) is 3. The number of unbranched alkanes of at least 4 members (excludes halogenated alkanes) is 1. The van der Waals surface area contributed by atoms with Crippen LogP contribution in [0.4, 0.5) is 11.6 Å². The first-order valence-electron chi connectivity index (χ1n) is 11.2. The number of carbonyl (C=O) groups excluding carboxylic acids is 1. The van der Waals surface area contributed by atoms with E-state index < -0.39 is 6.04 Å². The van der Waals surface area contributed by atoms with Gasteiger partial charge in [0.05, 0.1) is 32.1 Å². The average molecular weight is 464 g/mol. The molecule has 2 heterocycles. The molecular formula is C25H29N5O4. The molecule has 178 valence electrons. The van der Waals surface area contributed by atoms with Gasteiger partial charge in [0.1, 0.15) is 29.6 Å². The molecule has 1 aliphatic rings. The van der Waals surface area contributed by atoms with Crippen molar-refractivity contribution in [2.24, 2.45) is 0 Å². The monoisotopic (exact) mass is 463 g/mol. The number of hydrogen-bond acceptors (Lipinski definition) is 7. The molecule has 9 heteroatoms. The molecule has 1 aliphatic heterocycles. The Morgan fingerprint density at radius 1 is 1.12 bits per heavy atom. The SMILES string of the molecule is CCCCOc1ccc([C@H]2C(C(=O)Nc3ccc(OC)cc3OC)=C(C)Nc3ncnn32)cc1. The van der Waals surface area contributed by atoms with E-state index in [-0.39, 0.29) is 5.91 Å². The van der Waals surface area contributed by atoms with Crippen molar-refractivity contribution in [3.05, 3.63) is 65.6 Å². The molecule has 1 aromatic heterocycles. The quantitative estimate of drug-likeness (QED) is 0.454. The van der Waals surface area contributed by atoms with Crippen LogP contribution >= 0.6 is 0 Å². The Labute approximate surface area is 198 Å². The summed E-state index contributed by atoms with van der Waals surface area (Å²) in [6.07, 6.45) is 3.54. The molecule has 0 unspecified atom stereocenters. The fraction of sp³-hybridized carbons (Fsp3) is 0.320. The largest absolute Gasteiger partial charge is 0.497 e. The van der Waals surface area contributed by atoms with Gasteiger partial charge in [-0.2, -0.15) is 10.1 Å². The van der Waals surface area contributed by atoms with Crippen molar-refractivity contribution in [1.29, 1.82) is 0 Å². The van der Waals surface area contributed by atoms with Gasteiger partial charge in [-0.3, -0.25) is 4.79 Å². The molecule has 0 saturated carbocycles. The van der Waals surface area contributed by atoms with Crippen molar-refractivity contribution < 1.29 is 19.0 Å². The third kappa shape index (κ3) is 4.68. The number of carbonyl (C=O) groups is 1. The van der Waals surface area contributed by atoms with Crippen LogP contribution in [0.25, 0.3) is 0 Å². The van der Waals surface area contributed by atoms with E-state index in [9.17, 15) is 4.79 Å². The van der Waals surface area contributed by atoms with Gasteiger partial charge in [-0.25, -0.2) is 4.68 Å². The topological polar surface area (TPSA) is 99.5 Å². The van der Waals surface area contributed by atoms with Crippen LogP contribution in [-0.2, 0) is 4.79 Å². The highest BCUT2D eigenvalue weighted by Crippen LogP contribution is 2.37. The lowest BCUT2D eigenvalue weighted by Crippen LogP contribution is -2.31. The van der Waals surface area contributed by atoms with Gasteiger partial charge in [0.25, 0.3) is 5.91 Å². The number of ether oxygens (including phenoxy) is 3. The molecule has 3 aromatic rings. The molecule has 9 nitrogen and oxygen atoms in total. The molecule has 0 spiro atoms. The molecule has 1 amide bonds. The van der Waals surface area contributed by atoms with E-state index in [1.165, 1.54) is 6.33 Å². The summed E-state index contributed by atoms with van der Waals surface area (Å²) in [6.45, 7) is 4.66. The Balaban J connectivity index is 1.66. The zero-order valence-corrected chi connectivity index (χ0v) is 19.8. The first-order chi connectivity index (χ1) is 16.5. The Morgan fingerprint density at radius 2 is 1.88 bits per heavy atom. The zero-order chi connectivity index (χ0) is 24.1. The maximum absolute atomic E-state index is 13.6. The van der Waals surface area contributed by atoms with Gasteiger partial charge in [0.15, 0.2) is 0 Å². The average Bonchev–Trinajstić information content (AvgIpc) is 3.32. The number of nitrogens with one attached hydrogen (secondary N) is 2. The summed E-state index contributed by atoms with van der Waals surface area (Å²) in [5.74, 6) is 2.23. The second-order valence-corrected chi connectivity index (χ2v) is 7.89. The Hall–Kier alpha value is -4.01. The van der Waals surface area contributed by atoms with Gasteiger partial charge in [-0.15, -0.1) is 0 Å². The van der Waals surface area contributed by atoms with Gasteiger partial charge >= 0.3 is 0 Å². The lowest BCUT2D eigenvalue weighted by molar-refractivity contribution is -0.113. The van der Waals surface area contributed by atoms with Gasteiger partial charge < -0.3 is 24.8 Å². The summed E-state index contributed by atoms with van der Waals surface area (Å²) >= 11 is 0. The molecule has 0 radical (unpaired) electrons. The molecule has 0 aliphatic carbocycles. The predicted octanol–water partition coefficient (Wildman–Crippen LogP) is 4.40. The van der Waals surface area contributed by atoms with E-state index in [2.05, 4.69) is 27.6 Å². The normalized spacial score (nSPS) is 14.8. The van der Waals surface area contributed by atoms with Crippen LogP contribution in [0.3, 0.4) is 0 Å². The number of benzene rings is 2. The second kappa shape index (κ2) is 10.3. The van der Waals surface area contributed by atoms with Crippen LogP contribution in [-0.4, -0.2) is 41.5 Å². The van der Waals surface area contributed by atoms with E-state index in [1.807, 2.05) is 31.2 Å². The van der Waals surface area contributed by atoms with E-state index in [0.29, 0.717) is 41.0 Å². The number of rotatable bonds is 9. The highest BCUT2D eigenvalue weighted by atomic mass is 16.5. The third-order valence-corrected chi connectivity index (χ3v) is 5.66. The third-order valence-electron chi connectivity index (χ3n) is 5.66. The van der Waals surface area contributed by atoms with Crippen molar-refractivity contribution in [1.82, 2.24) is 14.8 Å². The summed E-state index contributed by atoms with van der Waals surface area (Å²) < 4.78 is 18.2. The predicted molar refractivity (Wildman–Crippen MR) is 130 cm³/mol. The molecule has 0 bridgehead atoms. The molecule has 4 rings (SSSR count). The highest BCUT2D eigenvalue weighted by Gasteiger charge is 2.33. The van der Waals surface area contributed by atoms with Gasteiger partial charge in [-0.05, 0) is 43.2 Å². The standard InChI is InChI=1S/C25H29N5O4/c1-5-6-13-34-18-9-7-17(8-10-18)23-22(16(2)28-25-26-15-27-30(23)25)24(31)29-20-12-11-19(32-3)14-21(20)33-4/h7-12,14-15,23H,5-6,13H2,1-4H3,(H,29,31)(H,26,27,28)/t23-/m0/s1. The van der Waals surface area contributed by atoms with Crippen LogP contribution in [0.15, 0.2) is 60.1 Å².